The lowest BCUT2D eigenvalue weighted by molar-refractivity contribution is 0.620. The number of nitrogens with one attached hydrogen (secondary N) is 1. The first-order valence-corrected chi connectivity index (χ1v) is 6.03. The minimum Gasteiger partial charge on any atom is -0.379 e. The van der Waals surface area contributed by atoms with Crippen LogP contribution in [-0.4, -0.2) is 9.78 Å². The molecule has 17 heavy (non-hydrogen) atoms. The van der Waals surface area contributed by atoms with Gasteiger partial charge in [0, 0.05) is 18.9 Å². The van der Waals surface area contributed by atoms with Gasteiger partial charge in [0.15, 0.2) is 0 Å². The third-order valence-electron chi connectivity index (χ3n) is 2.65. The molecule has 0 amide bonds. The van der Waals surface area contributed by atoms with Crippen LogP contribution in [0, 0.1) is 12.7 Å². The monoisotopic (exact) mass is 297 g/mol. The van der Waals surface area contributed by atoms with Gasteiger partial charge in [-0.15, -0.1) is 0 Å². The highest BCUT2D eigenvalue weighted by molar-refractivity contribution is 9.10. The zero-order valence-electron chi connectivity index (χ0n) is 9.67. The van der Waals surface area contributed by atoms with Crippen molar-refractivity contribution in [3.8, 4) is 0 Å². The molecule has 2 aromatic rings. The molecule has 0 spiro atoms. The first kappa shape index (κ1) is 12.1. The lowest BCUT2D eigenvalue weighted by Gasteiger charge is -2.10. The molecule has 5 heteroatoms. The van der Waals surface area contributed by atoms with Crippen LogP contribution in [0.5, 0.6) is 0 Å². The number of hydrogen-bond acceptors (Lipinski definition) is 2. The van der Waals surface area contributed by atoms with E-state index < -0.39 is 0 Å². The molecule has 3 nitrogen and oxygen atoms in total. The van der Waals surface area contributed by atoms with E-state index in [0.717, 1.165) is 16.9 Å². The molecule has 0 bridgehead atoms. The highest BCUT2D eigenvalue weighted by atomic mass is 79.9. The summed E-state index contributed by atoms with van der Waals surface area (Å²) < 4.78 is 15.5. The Kier molecular flexibility index (Phi) is 3.47. The van der Waals surface area contributed by atoms with E-state index >= 15 is 0 Å². The van der Waals surface area contributed by atoms with E-state index in [0.29, 0.717) is 11.0 Å². The summed E-state index contributed by atoms with van der Waals surface area (Å²) in [5.41, 5.74) is 2.87. The highest BCUT2D eigenvalue weighted by Crippen LogP contribution is 2.24. The lowest BCUT2D eigenvalue weighted by Crippen LogP contribution is -2.06. The van der Waals surface area contributed by atoms with Crippen LogP contribution < -0.4 is 5.32 Å². The van der Waals surface area contributed by atoms with Gasteiger partial charge < -0.3 is 5.32 Å². The van der Waals surface area contributed by atoms with E-state index in [2.05, 4.69) is 26.3 Å². The second-order valence-corrected chi connectivity index (χ2v) is 4.74. The number of aromatic nitrogens is 2. The normalized spacial score (nSPS) is 10.6. The van der Waals surface area contributed by atoms with E-state index in [1.807, 2.05) is 20.0 Å². The number of halogens is 2. The Morgan fingerprint density at radius 1 is 1.47 bits per heavy atom. The molecule has 1 aromatic carbocycles. The van der Waals surface area contributed by atoms with Crippen LogP contribution in [-0.2, 0) is 13.6 Å². The van der Waals surface area contributed by atoms with E-state index in [1.54, 1.807) is 16.9 Å². The summed E-state index contributed by atoms with van der Waals surface area (Å²) in [5, 5.41) is 7.36. The summed E-state index contributed by atoms with van der Waals surface area (Å²) >= 11 is 3.18. The second-order valence-electron chi connectivity index (χ2n) is 3.88. The topological polar surface area (TPSA) is 29.9 Å². The predicted molar refractivity (Wildman–Crippen MR) is 69.4 cm³/mol. The smallest absolute Gasteiger partial charge is 0.137 e. The maximum Gasteiger partial charge on any atom is 0.137 e. The largest absolute Gasteiger partial charge is 0.379 e. The summed E-state index contributed by atoms with van der Waals surface area (Å²) in [6, 6.07) is 5.21. The summed E-state index contributed by atoms with van der Waals surface area (Å²) in [6.45, 7) is 2.54. The van der Waals surface area contributed by atoms with E-state index in [4.69, 9.17) is 0 Å². The van der Waals surface area contributed by atoms with Gasteiger partial charge in [0.05, 0.1) is 16.7 Å². The molecule has 1 heterocycles. The Labute approximate surface area is 108 Å². The number of rotatable bonds is 3. The van der Waals surface area contributed by atoms with Crippen molar-refractivity contribution in [1.29, 1.82) is 0 Å². The Morgan fingerprint density at radius 2 is 2.24 bits per heavy atom. The molecule has 1 N–H and O–H groups in total. The average molecular weight is 298 g/mol. The van der Waals surface area contributed by atoms with Crippen LogP contribution in [0.4, 0.5) is 10.1 Å². The van der Waals surface area contributed by atoms with Crippen LogP contribution in [0.25, 0.3) is 0 Å². The quantitative estimate of drug-likeness (QED) is 0.942. The predicted octanol–water partition coefficient (Wildman–Crippen LogP) is 3.24. The van der Waals surface area contributed by atoms with Crippen molar-refractivity contribution < 1.29 is 4.39 Å². The van der Waals surface area contributed by atoms with Crippen molar-refractivity contribution >= 4 is 21.6 Å². The molecule has 0 saturated heterocycles. The SMILES string of the molecule is Cc1cc(F)c(Br)cc1NCc1ccnn1C. The molecule has 0 saturated carbocycles. The molecular weight excluding hydrogens is 285 g/mol. The Balaban J connectivity index is 2.14. The van der Waals surface area contributed by atoms with Crippen molar-refractivity contribution in [2.75, 3.05) is 5.32 Å². The molecular formula is C12H13BrFN3. The minimum atomic E-state index is -0.242. The molecule has 0 fully saturated rings. The minimum absolute atomic E-state index is 0.242. The molecule has 0 aliphatic rings. The van der Waals surface area contributed by atoms with Gasteiger partial charge in [0.1, 0.15) is 5.82 Å². The van der Waals surface area contributed by atoms with E-state index in [9.17, 15) is 4.39 Å². The van der Waals surface area contributed by atoms with Gasteiger partial charge in [0.2, 0.25) is 0 Å². The highest BCUT2D eigenvalue weighted by Gasteiger charge is 2.05. The van der Waals surface area contributed by atoms with Crippen molar-refractivity contribution in [3.63, 3.8) is 0 Å². The Bertz CT molecular complexity index is 537. The summed E-state index contributed by atoms with van der Waals surface area (Å²) in [6.07, 6.45) is 1.75. The van der Waals surface area contributed by atoms with Gasteiger partial charge in [-0.2, -0.15) is 5.10 Å². The van der Waals surface area contributed by atoms with Crippen LogP contribution in [0.1, 0.15) is 11.3 Å². The molecule has 1 aromatic heterocycles. The Hall–Kier alpha value is -1.36. The summed E-state index contributed by atoms with van der Waals surface area (Å²) in [7, 11) is 1.89. The van der Waals surface area contributed by atoms with Crippen LogP contribution in [0.2, 0.25) is 0 Å². The molecule has 0 aliphatic heterocycles. The van der Waals surface area contributed by atoms with E-state index in [1.165, 1.54) is 6.07 Å². The third kappa shape index (κ3) is 2.66. The summed E-state index contributed by atoms with van der Waals surface area (Å²) in [4.78, 5) is 0. The van der Waals surface area contributed by atoms with Gasteiger partial charge >= 0.3 is 0 Å². The fourth-order valence-electron chi connectivity index (χ4n) is 1.60. The van der Waals surface area contributed by atoms with Crippen molar-refractivity contribution in [2.45, 2.75) is 13.5 Å². The van der Waals surface area contributed by atoms with Crippen molar-refractivity contribution in [2.24, 2.45) is 7.05 Å². The maximum absolute atomic E-state index is 13.2. The zero-order valence-corrected chi connectivity index (χ0v) is 11.3. The number of anilines is 1. The number of benzene rings is 1. The second kappa shape index (κ2) is 4.87. The van der Waals surface area contributed by atoms with Crippen LogP contribution in [0.15, 0.2) is 28.9 Å². The molecule has 0 aliphatic carbocycles. The first-order valence-electron chi connectivity index (χ1n) is 5.24. The fraction of sp³-hybridized carbons (Fsp3) is 0.250. The molecule has 0 radical (unpaired) electrons. The molecule has 0 atom stereocenters. The molecule has 0 unspecified atom stereocenters. The fourth-order valence-corrected chi connectivity index (χ4v) is 1.94. The standard InChI is InChI=1S/C12H13BrFN3/c1-8-5-11(14)10(13)6-12(8)15-7-9-3-4-16-17(9)2/h3-6,15H,7H2,1-2H3. The third-order valence-corrected chi connectivity index (χ3v) is 3.26. The van der Waals surface area contributed by atoms with Crippen LogP contribution >= 0.6 is 15.9 Å². The number of hydrogen-bond donors (Lipinski definition) is 1. The van der Waals surface area contributed by atoms with Crippen molar-refractivity contribution in [1.82, 2.24) is 9.78 Å². The maximum atomic E-state index is 13.2. The van der Waals surface area contributed by atoms with Crippen LogP contribution in [0.3, 0.4) is 0 Å². The van der Waals surface area contributed by atoms with Gasteiger partial charge in [-0.1, -0.05) is 0 Å². The van der Waals surface area contributed by atoms with Gasteiger partial charge in [-0.3, -0.25) is 4.68 Å². The van der Waals surface area contributed by atoms with Crippen molar-refractivity contribution in [3.05, 3.63) is 45.9 Å². The molecule has 2 rings (SSSR count). The van der Waals surface area contributed by atoms with Gasteiger partial charge in [0.25, 0.3) is 0 Å². The number of nitrogens with zero attached hydrogens (tertiary/aromatic N) is 2. The first-order chi connectivity index (χ1) is 8.08. The lowest BCUT2D eigenvalue weighted by atomic mass is 10.2. The average Bonchev–Trinajstić information content (AvgIpc) is 2.68. The summed E-state index contributed by atoms with van der Waals surface area (Å²) in [5.74, 6) is -0.242. The number of aryl methyl sites for hydroxylation is 2. The Morgan fingerprint density at radius 3 is 2.88 bits per heavy atom. The molecule has 90 valence electrons. The zero-order chi connectivity index (χ0) is 12.4. The van der Waals surface area contributed by atoms with Gasteiger partial charge in [-0.25, -0.2) is 4.39 Å². The van der Waals surface area contributed by atoms with E-state index in [-0.39, 0.29) is 5.82 Å². The van der Waals surface area contributed by atoms with Gasteiger partial charge in [-0.05, 0) is 46.6 Å².